The van der Waals surface area contributed by atoms with Crippen LogP contribution in [0.4, 0.5) is 0 Å². The van der Waals surface area contributed by atoms with Gasteiger partial charge in [-0.1, -0.05) is 0 Å². The van der Waals surface area contributed by atoms with Crippen molar-refractivity contribution in [3.8, 4) is 0 Å². The van der Waals surface area contributed by atoms with Gasteiger partial charge in [0.15, 0.2) is 0 Å². The Labute approximate surface area is 105 Å². The van der Waals surface area contributed by atoms with Gasteiger partial charge in [-0.2, -0.15) is 0 Å². The van der Waals surface area contributed by atoms with Gasteiger partial charge < -0.3 is 0 Å². The average Bonchev–Trinajstić information content (AvgIpc) is 2.91. The van der Waals surface area contributed by atoms with Gasteiger partial charge in [-0.15, -0.1) is 0 Å². The Kier molecular flexibility index (Phi) is 2.91. The second-order valence-corrected chi connectivity index (χ2v) is 12.2. The van der Waals surface area contributed by atoms with Crippen molar-refractivity contribution in [2.24, 2.45) is 0 Å². The minimum absolute atomic E-state index is 1.28. The summed E-state index contributed by atoms with van der Waals surface area (Å²) in [6.07, 6.45) is 4.76. The summed E-state index contributed by atoms with van der Waals surface area (Å²) in [6.45, 7) is 0. The van der Waals surface area contributed by atoms with E-state index in [2.05, 4.69) is 72.8 Å². The van der Waals surface area contributed by atoms with Crippen LogP contribution in [0.2, 0.25) is 10.4 Å². The number of hydrogen-bond acceptors (Lipinski definition) is 0. The quantitative estimate of drug-likeness (QED) is 0.587. The molecular formula is C16H16As+. The standard InChI is InChI=1S/C16H16As/c1-3-9-15(10-4-1)17(13-7-8-14-17)16-11-5-2-6-12-16/h1-12H,13-14H2/q+1. The number of hydrogen-bond donors (Lipinski definition) is 0. The third kappa shape index (κ3) is 1.87. The van der Waals surface area contributed by atoms with Crippen LogP contribution in [0.3, 0.4) is 0 Å². The fourth-order valence-electron chi connectivity index (χ4n) is 2.58. The third-order valence-electron chi connectivity index (χ3n) is 3.50. The predicted octanol–water partition coefficient (Wildman–Crippen LogP) is 2.82. The second kappa shape index (κ2) is 4.55. The van der Waals surface area contributed by atoms with Crippen LogP contribution in [0, 0.1) is 0 Å². The van der Waals surface area contributed by atoms with E-state index in [1.807, 2.05) is 0 Å². The first-order chi connectivity index (χ1) is 8.42. The van der Waals surface area contributed by atoms with Crippen molar-refractivity contribution in [2.45, 2.75) is 10.4 Å². The van der Waals surface area contributed by atoms with Gasteiger partial charge in [-0.25, -0.2) is 0 Å². The summed E-state index contributed by atoms with van der Waals surface area (Å²) in [6, 6.07) is 22.3. The van der Waals surface area contributed by atoms with Crippen LogP contribution in [0.25, 0.3) is 0 Å². The van der Waals surface area contributed by atoms with E-state index < -0.39 is 13.6 Å². The first-order valence-electron chi connectivity index (χ1n) is 6.05. The van der Waals surface area contributed by atoms with E-state index >= 15 is 0 Å². The van der Waals surface area contributed by atoms with E-state index in [9.17, 15) is 0 Å². The average molecular weight is 283 g/mol. The number of rotatable bonds is 2. The van der Waals surface area contributed by atoms with Crippen LogP contribution in [-0.4, -0.2) is 13.6 Å². The molecule has 0 aromatic heterocycles. The predicted molar refractivity (Wildman–Crippen MR) is 76.7 cm³/mol. The SMILES string of the molecule is C1=CC[As+](c2ccccc2)(c2ccccc2)C1. The van der Waals surface area contributed by atoms with Gasteiger partial charge in [0.2, 0.25) is 0 Å². The van der Waals surface area contributed by atoms with Crippen LogP contribution in [0.1, 0.15) is 0 Å². The van der Waals surface area contributed by atoms with Crippen molar-refractivity contribution >= 4 is 22.3 Å². The zero-order chi connectivity index (χ0) is 11.6. The number of benzene rings is 2. The van der Waals surface area contributed by atoms with Gasteiger partial charge >= 0.3 is 105 Å². The Hall–Kier alpha value is -1.26. The molecule has 1 aliphatic heterocycles. The molecule has 0 unspecified atom stereocenters. The van der Waals surface area contributed by atoms with Crippen LogP contribution in [0.15, 0.2) is 72.8 Å². The summed E-state index contributed by atoms with van der Waals surface area (Å²) in [5.74, 6) is 0. The number of allylic oxidation sites excluding steroid dienone is 2. The van der Waals surface area contributed by atoms with E-state index in [4.69, 9.17) is 0 Å². The molecule has 2 aromatic carbocycles. The molecule has 1 heteroatoms. The van der Waals surface area contributed by atoms with Crippen LogP contribution in [-0.2, 0) is 0 Å². The molecule has 0 radical (unpaired) electrons. The zero-order valence-electron chi connectivity index (χ0n) is 9.79. The Morgan fingerprint density at radius 2 is 1.00 bits per heavy atom. The van der Waals surface area contributed by atoms with Crippen LogP contribution < -0.4 is 8.70 Å². The van der Waals surface area contributed by atoms with Crippen molar-refractivity contribution < 1.29 is 0 Å². The summed E-state index contributed by atoms with van der Waals surface area (Å²) in [7, 11) is 0. The first-order valence-corrected chi connectivity index (χ1v) is 10.6. The Balaban J connectivity index is 2.12. The van der Waals surface area contributed by atoms with Crippen molar-refractivity contribution in [3.63, 3.8) is 0 Å². The topological polar surface area (TPSA) is 0 Å². The molecule has 0 spiro atoms. The molecule has 1 heterocycles. The van der Waals surface area contributed by atoms with E-state index in [0.29, 0.717) is 0 Å². The Morgan fingerprint density at radius 1 is 0.588 bits per heavy atom. The van der Waals surface area contributed by atoms with E-state index in [1.165, 1.54) is 10.4 Å². The molecule has 0 atom stereocenters. The monoisotopic (exact) mass is 283 g/mol. The maximum absolute atomic E-state index is 2.38. The Bertz CT molecular complexity index is 464. The van der Waals surface area contributed by atoms with Gasteiger partial charge in [0.1, 0.15) is 0 Å². The molecule has 3 rings (SSSR count). The molecule has 0 aliphatic carbocycles. The fraction of sp³-hybridized carbons (Fsp3) is 0.125. The van der Waals surface area contributed by atoms with Crippen molar-refractivity contribution in [3.05, 3.63) is 72.8 Å². The van der Waals surface area contributed by atoms with Crippen molar-refractivity contribution in [1.29, 1.82) is 0 Å². The maximum atomic E-state index is 2.38. The molecule has 0 saturated heterocycles. The van der Waals surface area contributed by atoms with Gasteiger partial charge in [0.05, 0.1) is 0 Å². The van der Waals surface area contributed by atoms with E-state index in [1.54, 1.807) is 8.70 Å². The minimum atomic E-state index is -1.89. The molecule has 17 heavy (non-hydrogen) atoms. The van der Waals surface area contributed by atoms with E-state index in [0.717, 1.165) is 0 Å². The normalized spacial score (nSPS) is 17.2. The molecule has 0 bridgehead atoms. The Morgan fingerprint density at radius 3 is 1.41 bits per heavy atom. The van der Waals surface area contributed by atoms with Crippen molar-refractivity contribution in [2.75, 3.05) is 0 Å². The van der Waals surface area contributed by atoms with Gasteiger partial charge in [-0.3, -0.25) is 0 Å². The molecule has 84 valence electrons. The van der Waals surface area contributed by atoms with Gasteiger partial charge in [-0.05, 0) is 0 Å². The molecule has 2 aromatic rings. The summed E-state index contributed by atoms with van der Waals surface area (Å²) < 4.78 is 3.20. The van der Waals surface area contributed by atoms with Crippen molar-refractivity contribution in [1.82, 2.24) is 0 Å². The van der Waals surface area contributed by atoms with Crippen LogP contribution >= 0.6 is 0 Å². The zero-order valence-corrected chi connectivity index (χ0v) is 11.7. The second-order valence-electron chi connectivity index (χ2n) is 4.48. The third-order valence-corrected chi connectivity index (χ3v) is 12.4. The first kappa shape index (κ1) is 10.9. The molecule has 0 saturated carbocycles. The molecule has 0 amide bonds. The molecular weight excluding hydrogens is 267 g/mol. The molecule has 1 aliphatic rings. The summed E-state index contributed by atoms with van der Waals surface area (Å²) in [4.78, 5) is 0. The molecule has 0 N–H and O–H groups in total. The summed E-state index contributed by atoms with van der Waals surface area (Å²) in [5.41, 5.74) is 0. The van der Waals surface area contributed by atoms with Gasteiger partial charge in [0, 0.05) is 0 Å². The fourth-order valence-corrected chi connectivity index (χ4v) is 10.5. The van der Waals surface area contributed by atoms with E-state index in [-0.39, 0.29) is 0 Å². The summed E-state index contributed by atoms with van der Waals surface area (Å²) >= 11 is -1.89. The molecule has 0 fully saturated rings. The van der Waals surface area contributed by atoms with Crippen LogP contribution in [0.5, 0.6) is 0 Å². The van der Waals surface area contributed by atoms with Gasteiger partial charge in [0.25, 0.3) is 0 Å². The summed E-state index contributed by atoms with van der Waals surface area (Å²) in [5, 5.41) is 2.57. The molecule has 0 nitrogen and oxygen atoms in total.